The molecule has 4 rings (SSSR count). The average Bonchev–Trinajstić information content (AvgIpc) is 3.01. The van der Waals surface area contributed by atoms with Gasteiger partial charge < -0.3 is 10.2 Å². The molecule has 43 heavy (non-hydrogen) atoms. The van der Waals surface area contributed by atoms with E-state index in [4.69, 9.17) is 23.2 Å². The Labute approximate surface area is 263 Å². The minimum atomic E-state index is -4.22. The Hall–Kier alpha value is -3.85. The normalized spacial score (nSPS) is 11.9. The molecule has 0 saturated heterocycles. The fourth-order valence-electron chi connectivity index (χ4n) is 4.64. The summed E-state index contributed by atoms with van der Waals surface area (Å²) in [5.41, 5.74) is 1.69. The van der Waals surface area contributed by atoms with E-state index in [2.05, 4.69) is 5.32 Å². The van der Waals surface area contributed by atoms with Crippen molar-refractivity contribution < 1.29 is 18.0 Å². The molecule has 224 valence electrons. The van der Waals surface area contributed by atoms with Gasteiger partial charge in [-0.25, -0.2) is 8.42 Å². The van der Waals surface area contributed by atoms with Crippen LogP contribution in [0.3, 0.4) is 0 Å². The molecule has 0 aromatic heterocycles. The first-order valence-electron chi connectivity index (χ1n) is 13.9. The molecule has 0 unspecified atom stereocenters. The predicted octanol–water partition coefficient (Wildman–Crippen LogP) is 6.36. The first-order chi connectivity index (χ1) is 20.7. The molecule has 0 heterocycles. The van der Waals surface area contributed by atoms with Crippen molar-refractivity contribution in [1.29, 1.82) is 0 Å². The van der Waals surface area contributed by atoms with Crippen LogP contribution in [-0.2, 0) is 32.6 Å². The summed E-state index contributed by atoms with van der Waals surface area (Å²) in [7, 11) is -4.22. The third-order valence-electron chi connectivity index (χ3n) is 6.79. The highest BCUT2D eigenvalue weighted by Crippen LogP contribution is 2.31. The van der Waals surface area contributed by atoms with Gasteiger partial charge in [0.15, 0.2) is 0 Å². The van der Waals surface area contributed by atoms with Gasteiger partial charge in [-0.1, -0.05) is 103 Å². The molecule has 4 aromatic carbocycles. The molecule has 4 aromatic rings. The molecule has 0 aliphatic carbocycles. The highest BCUT2D eigenvalue weighted by molar-refractivity contribution is 7.92. The van der Waals surface area contributed by atoms with Gasteiger partial charge in [0.05, 0.1) is 15.6 Å². The standard InChI is InChI=1S/C33H33Cl2N3O4S/c1-2-20-36-33(40)31(22-25-12-5-3-6-13-25)37(23-26-14-11-15-27(34)21-26)32(39)24-38(30-19-10-9-18-29(30)35)43(41,42)28-16-7-4-8-17-28/h3-19,21,31H,2,20,22-24H2,1H3,(H,36,40)/t31-/m0/s1. The monoisotopic (exact) mass is 637 g/mol. The van der Waals surface area contributed by atoms with E-state index in [1.807, 2.05) is 43.3 Å². The van der Waals surface area contributed by atoms with E-state index in [-0.39, 0.29) is 34.5 Å². The minimum Gasteiger partial charge on any atom is -0.354 e. The van der Waals surface area contributed by atoms with Crippen molar-refractivity contribution in [2.75, 3.05) is 17.4 Å². The summed E-state index contributed by atoms with van der Waals surface area (Å²) >= 11 is 12.8. The lowest BCUT2D eigenvalue weighted by Crippen LogP contribution is -2.53. The molecule has 7 nitrogen and oxygen atoms in total. The molecule has 1 N–H and O–H groups in total. The Kier molecular flexibility index (Phi) is 11.2. The number of carbonyl (C=O) groups excluding carboxylic acids is 2. The molecule has 0 saturated carbocycles. The van der Waals surface area contributed by atoms with E-state index < -0.39 is 28.5 Å². The number of hydrogen-bond acceptors (Lipinski definition) is 4. The number of anilines is 1. The third-order valence-corrected chi connectivity index (χ3v) is 9.12. The first kappa shape index (κ1) is 32.1. The molecule has 0 fully saturated rings. The molecule has 1 atom stereocenters. The zero-order chi connectivity index (χ0) is 30.8. The third kappa shape index (κ3) is 8.38. The maximum atomic E-state index is 14.4. The van der Waals surface area contributed by atoms with Gasteiger partial charge >= 0.3 is 0 Å². The number of nitrogens with one attached hydrogen (secondary N) is 1. The molecule has 0 spiro atoms. The highest BCUT2D eigenvalue weighted by atomic mass is 35.5. The zero-order valence-corrected chi connectivity index (χ0v) is 26.0. The van der Waals surface area contributed by atoms with Gasteiger partial charge in [0.1, 0.15) is 12.6 Å². The van der Waals surface area contributed by atoms with E-state index in [9.17, 15) is 18.0 Å². The molecule has 0 bridgehead atoms. The number of nitrogens with zero attached hydrogens (tertiary/aromatic N) is 2. The van der Waals surface area contributed by atoms with Crippen LogP contribution in [0.15, 0.2) is 114 Å². The lowest BCUT2D eigenvalue weighted by Gasteiger charge is -2.34. The van der Waals surface area contributed by atoms with Gasteiger partial charge in [-0.05, 0) is 53.9 Å². The van der Waals surface area contributed by atoms with Crippen molar-refractivity contribution in [2.45, 2.75) is 37.2 Å². The highest BCUT2D eigenvalue weighted by Gasteiger charge is 2.35. The van der Waals surface area contributed by atoms with Crippen LogP contribution in [0.4, 0.5) is 5.69 Å². The minimum absolute atomic E-state index is 0.00522. The Balaban J connectivity index is 1.80. The largest absolute Gasteiger partial charge is 0.354 e. The Morgan fingerprint density at radius 1 is 0.814 bits per heavy atom. The second kappa shape index (κ2) is 15.0. The quantitative estimate of drug-likeness (QED) is 0.185. The summed E-state index contributed by atoms with van der Waals surface area (Å²) in [6.45, 7) is 1.81. The molecule has 10 heteroatoms. The first-order valence-corrected chi connectivity index (χ1v) is 16.1. The van der Waals surface area contributed by atoms with Gasteiger partial charge in [0.2, 0.25) is 11.8 Å². The molecular weight excluding hydrogens is 605 g/mol. The van der Waals surface area contributed by atoms with Crippen molar-refractivity contribution in [3.05, 3.63) is 130 Å². The van der Waals surface area contributed by atoms with Gasteiger partial charge in [-0.2, -0.15) is 0 Å². The van der Waals surface area contributed by atoms with Crippen LogP contribution in [0.1, 0.15) is 24.5 Å². The maximum Gasteiger partial charge on any atom is 0.264 e. The van der Waals surface area contributed by atoms with E-state index >= 15 is 0 Å². The van der Waals surface area contributed by atoms with Crippen LogP contribution in [-0.4, -0.2) is 44.3 Å². The number of benzene rings is 4. The molecule has 0 radical (unpaired) electrons. The van der Waals surface area contributed by atoms with Crippen molar-refractivity contribution in [3.8, 4) is 0 Å². The van der Waals surface area contributed by atoms with Crippen LogP contribution in [0, 0.1) is 0 Å². The molecule has 0 aliphatic heterocycles. The predicted molar refractivity (Wildman–Crippen MR) is 172 cm³/mol. The van der Waals surface area contributed by atoms with Gasteiger partial charge in [-0.3, -0.25) is 13.9 Å². The summed E-state index contributed by atoms with van der Waals surface area (Å²) in [5.74, 6) is -0.914. The van der Waals surface area contributed by atoms with Gasteiger partial charge in [0, 0.05) is 24.5 Å². The summed E-state index contributed by atoms with van der Waals surface area (Å²) in [6.07, 6.45) is 0.932. The number of para-hydroxylation sites is 1. The fourth-order valence-corrected chi connectivity index (χ4v) is 6.59. The number of rotatable bonds is 13. The number of halogens is 2. The summed E-state index contributed by atoms with van der Waals surface area (Å²) in [6, 6.07) is 29.8. The number of hydrogen-bond donors (Lipinski definition) is 1. The summed E-state index contributed by atoms with van der Waals surface area (Å²) in [4.78, 5) is 29.5. The van der Waals surface area contributed by atoms with Crippen LogP contribution >= 0.6 is 23.2 Å². The van der Waals surface area contributed by atoms with E-state index in [1.54, 1.807) is 60.7 Å². The van der Waals surface area contributed by atoms with E-state index in [0.29, 0.717) is 23.6 Å². The molecular formula is C33H33Cl2N3O4S. The zero-order valence-electron chi connectivity index (χ0n) is 23.7. The second-order valence-corrected chi connectivity index (χ2v) is 12.6. The summed E-state index contributed by atoms with van der Waals surface area (Å²) in [5, 5.41) is 3.56. The Morgan fingerprint density at radius 3 is 2.09 bits per heavy atom. The molecule has 2 amide bonds. The SMILES string of the molecule is CCCNC(=O)[C@H](Cc1ccccc1)N(Cc1cccc(Cl)c1)C(=O)CN(c1ccccc1Cl)S(=O)(=O)c1ccccc1. The van der Waals surface area contributed by atoms with Crippen LogP contribution in [0.5, 0.6) is 0 Å². The van der Waals surface area contributed by atoms with Crippen LogP contribution in [0.25, 0.3) is 0 Å². The lowest BCUT2D eigenvalue weighted by atomic mass is 10.0. The summed E-state index contributed by atoms with van der Waals surface area (Å²) < 4.78 is 29.0. The molecule has 0 aliphatic rings. The Morgan fingerprint density at radius 2 is 1.44 bits per heavy atom. The van der Waals surface area contributed by atoms with E-state index in [0.717, 1.165) is 9.87 Å². The topological polar surface area (TPSA) is 86.8 Å². The van der Waals surface area contributed by atoms with Gasteiger partial charge in [0.25, 0.3) is 10.0 Å². The van der Waals surface area contributed by atoms with Crippen LogP contribution < -0.4 is 9.62 Å². The van der Waals surface area contributed by atoms with Crippen molar-refractivity contribution in [2.24, 2.45) is 0 Å². The van der Waals surface area contributed by atoms with Crippen molar-refractivity contribution >= 4 is 50.7 Å². The lowest BCUT2D eigenvalue weighted by molar-refractivity contribution is -0.140. The number of sulfonamides is 1. The van der Waals surface area contributed by atoms with Crippen LogP contribution in [0.2, 0.25) is 10.0 Å². The smallest absolute Gasteiger partial charge is 0.264 e. The maximum absolute atomic E-state index is 14.4. The fraction of sp³-hybridized carbons (Fsp3) is 0.212. The number of amides is 2. The average molecular weight is 639 g/mol. The Bertz CT molecular complexity index is 1640. The van der Waals surface area contributed by atoms with Gasteiger partial charge in [-0.15, -0.1) is 0 Å². The van der Waals surface area contributed by atoms with E-state index in [1.165, 1.54) is 17.0 Å². The van der Waals surface area contributed by atoms with Crippen molar-refractivity contribution in [1.82, 2.24) is 10.2 Å². The van der Waals surface area contributed by atoms with Crippen molar-refractivity contribution in [3.63, 3.8) is 0 Å². The number of carbonyl (C=O) groups is 2. The second-order valence-electron chi connectivity index (χ2n) is 9.92.